The number of carbonyl (C=O) groups is 1. The van der Waals surface area contributed by atoms with Gasteiger partial charge in [-0.1, -0.05) is 0 Å². The van der Waals surface area contributed by atoms with E-state index < -0.39 is 0 Å². The molecule has 1 aromatic heterocycles. The van der Waals surface area contributed by atoms with E-state index in [9.17, 15) is 4.79 Å². The lowest BCUT2D eigenvalue weighted by Crippen LogP contribution is -2.22. The van der Waals surface area contributed by atoms with Gasteiger partial charge in [-0.25, -0.2) is 4.79 Å². The topological polar surface area (TPSA) is 74.4 Å². The van der Waals surface area contributed by atoms with Gasteiger partial charge in [0.2, 0.25) is 0 Å². The monoisotopic (exact) mass is 250 g/mol. The molecule has 0 aromatic carbocycles. The summed E-state index contributed by atoms with van der Waals surface area (Å²) in [6, 6.07) is 3.32. The van der Waals surface area contributed by atoms with Crippen molar-refractivity contribution in [3.63, 3.8) is 0 Å². The molecule has 0 radical (unpaired) electrons. The van der Waals surface area contributed by atoms with Gasteiger partial charge in [0.05, 0.1) is 17.9 Å². The Morgan fingerprint density at radius 3 is 3.00 bits per heavy atom. The maximum atomic E-state index is 11.8. The molecule has 1 saturated heterocycles. The Morgan fingerprint density at radius 2 is 2.28 bits per heavy atom. The summed E-state index contributed by atoms with van der Waals surface area (Å²) in [7, 11) is 0. The molecule has 1 aliphatic heterocycles. The van der Waals surface area contributed by atoms with E-state index in [2.05, 4.69) is 4.98 Å². The van der Waals surface area contributed by atoms with Crippen molar-refractivity contribution in [3.05, 3.63) is 29.6 Å². The summed E-state index contributed by atoms with van der Waals surface area (Å²) in [6.07, 6.45) is 3.49. The molecule has 0 spiro atoms. The molecule has 5 heteroatoms. The molecule has 0 saturated carbocycles. The van der Waals surface area contributed by atoms with Crippen LogP contribution in [0.25, 0.3) is 0 Å². The van der Waals surface area contributed by atoms with Crippen molar-refractivity contribution in [2.45, 2.75) is 19.4 Å². The lowest BCUT2D eigenvalue weighted by molar-refractivity contribution is 0.0185. The maximum Gasteiger partial charge on any atom is 0.338 e. The summed E-state index contributed by atoms with van der Waals surface area (Å²) in [5.41, 5.74) is 6.68. The fourth-order valence-corrected chi connectivity index (χ4v) is 1.91. The number of rotatable bonds is 4. The van der Waals surface area contributed by atoms with Crippen LogP contribution >= 0.6 is 0 Å². The molecule has 0 aliphatic carbocycles. The van der Waals surface area contributed by atoms with E-state index in [1.165, 1.54) is 0 Å². The van der Waals surface area contributed by atoms with Crippen LogP contribution in [0.15, 0.2) is 18.3 Å². The van der Waals surface area contributed by atoms with Crippen LogP contribution in [0.1, 0.15) is 28.9 Å². The Bertz CT molecular complexity index is 403. The van der Waals surface area contributed by atoms with E-state index in [1.54, 1.807) is 18.3 Å². The van der Waals surface area contributed by atoms with Crippen molar-refractivity contribution in [2.75, 3.05) is 19.8 Å². The summed E-state index contributed by atoms with van der Waals surface area (Å²) >= 11 is 0. The fourth-order valence-electron chi connectivity index (χ4n) is 1.91. The van der Waals surface area contributed by atoms with Crippen LogP contribution in [0.5, 0.6) is 0 Å². The van der Waals surface area contributed by atoms with E-state index >= 15 is 0 Å². The van der Waals surface area contributed by atoms with Crippen LogP contribution in [-0.2, 0) is 16.0 Å². The van der Waals surface area contributed by atoms with Gasteiger partial charge in [-0.05, 0) is 30.9 Å². The summed E-state index contributed by atoms with van der Waals surface area (Å²) < 4.78 is 10.6. The maximum absolute atomic E-state index is 11.8. The second-order valence-corrected chi connectivity index (χ2v) is 4.39. The second kappa shape index (κ2) is 6.47. The number of hydrogen-bond donors (Lipinski definition) is 1. The number of esters is 1. The van der Waals surface area contributed by atoms with Crippen LogP contribution in [-0.4, -0.2) is 30.8 Å². The predicted molar refractivity (Wildman–Crippen MR) is 66.0 cm³/mol. The minimum Gasteiger partial charge on any atom is -0.462 e. The van der Waals surface area contributed by atoms with E-state index in [0.717, 1.165) is 26.1 Å². The Hall–Kier alpha value is -1.46. The van der Waals surface area contributed by atoms with Gasteiger partial charge in [0.15, 0.2) is 0 Å². The molecule has 2 heterocycles. The average molecular weight is 250 g/mol. The highest BCUT2D eigenvalue weighted by Crippen LogP contribution is 2.15. The van der Waals surface area contributed by atoms with E-state index in [-0.39, 0.29) is 5.97 Å². The molecule has 2 N–H and O–H groups in total. The van der Waals surface area contributed by atoms with Crippen molar-refractivity contribution in [1.29, 1.82) is 0 Å². The largest absolute Gasteiger partial charge is 0.462 e. The highest BCUT2D eigenvalue weighted by Gasteiger charge is 2.16. The predicted octanol–water partition coefficient (Wildman–Crippen LogP) is 1.12. The van der Waals surface area contributed by atoms with Crippen LogP contribution in [0, 0.1) is 5.92 Å². The number of hydrogen-bond acceptors (Lipinski definition) is 5. The normalized spacial score (nSPS) is 16.5. The Kier molecular flexibility index (Phi) is 4.66. The van der Waals surface area contributed by atoms with Gasteiger partial charge in [-0.3, -0.25) is 4.98 Å². The number of ether oxygens (including phenoxy) is 2. The van der Waals surface area contributed by atoms with Gasteiger partial charge in [-0.15, -0.1) is 0 Å². The Balaban J connectivity index is 1.86. The van der Waals surface area contributed by atoms with Crippen LogP contribution in [0.4, 0.5) is 0 Å². The Morgan fingerprint density at radius 1 is 1.50 bits per heavy atom. The molecule has 2 rings (SSSR count). The molecule has 1 aromatic rings. The third kappa shape index (κ3) is 3.51. The molecule has 0 amide bonds. The van der Waals surface area contributed by atoms with Gasteiger partial charge in [-0.2, -0.15) is 0 Å². The highest BCUT2D eigenvalue weighted by molar-refractivity contribution is 5.89. The third-order valence-corrected chi connectivity index (χ3v) is 3.05. The molecule has 0 unspecified atom stereocenters. The number of pyridine rings is 1. The first kappa shape index (κ1) is 13.0. The molecule has 0 atom stereocenters. The summed E-state index contributed by atoms with van der Waals surface area (Å²) in [6.45, 7) is 2.30. The first-order valence-corrected chi connectivity index (χ1v) is 6.19. The molecule has 1 fully saturated rings. The quantitative estimate of drug-likeness (QED) is 0.811. The lowest BCUT2D eigenvalue weighted by atomic mass is 10.0. The molecule has 98 valence electrons. The molecule has 18 heavy (non-hydrogen) atoms. The molecular weight excluding hydrogens is 232 g/mol. The van der Waals surface area contributed by atoms with Crippen molar-refractivity contribution >= 4 is 5.97 Å². The van der Waals surface area contributed by atoms with Crippen LogP contribution < -0.4 is 5.73 Å². The van der Waals surface area contributed by atoms with Gasteiger partial charge in [0, 0.05) is 26.0 Å². The lowest BCUT2D eigenvalue weighted by Gasteiger charge is -2.21. The van der Waals surface area contributed by atoms with Crippen molar-refractivity contribution in [2.24, 2.45) is 11.7 Å². The molecular formula is C13H18N2O3. The highest BCUT2D eigenvalue weighted by atomic mass is 16.5. The van der Waals surface area contributed by atoms with Crippen LogP contribution in [0.3, 0.4) is 0 Å². The molecule has 5 nitrogen and oxygen atoms in total. The third-order valence-electron chi connectivity index (χ3n) is 3.05. The van der Waals surface area contributed by atoms with E-state index in [4.69, 9.17) is 15.2 Å². The minimum atomic E-state index is -0.307. The second-order valence-electron chi connectivity index (χ2n) is 4.39. The first-order chi connectivity index (χ1) is 8.79. The zero-order valence-corrected chi connectivity index (χ0v) is 10.3. The van der Waals surface area contributed by atoms with E-state index in [0.29, 0.717) is 30.3 Å². The Labute approximate surface area is 106 Å². The SMILES string of the molecule is NCc1cc(C(=O)OCC2CCOCC2)ccn1. The van der Waals surface area contributed by atoms with Gasteiger partial charge < -0.3 is 15.2 Å². The zero-order chi connectivity index (χ0) is 12.8. The average Bonchev–Trinajstić information content (AvgIpc) is 2.46. The van der Waals surface area contributed by atoms with Crippen molar-refractivity contribution in [1.82, 2.24) is 4.98 Å². The van der Waals surface area contributed by atoms with Crippen molar-refractivity contribution in [3.8, 4) is 0 Å². The van der Waals surface area contributed by atoms with Gasteiger partial charge in [0.1, 0.15) is 0 Å². The van der Waals surface area contributed by atoms with Crippen molar-refractivity contribution < 1.29 is 14.3 Å². The van der Waals surface area contributed by atoms with Gasteiger partial charge in [0.25, 0.3) is 0 Å². The van der Waals surface area contributed by atoms with Gasteiger partial charge >= 0.3 is 5.97 Å². The number of carbonyl (C=O) groups excluding carboxylic acids is 1. The first-order valence-electron chi connectivity index (χ1n) is 6.19. The standard InChI is InChI=1S/C13H18N2O3/c14-8-12-7-11(1-4-15-12)13(16)18-9-10-2-5-17-6-3-10/h1,4,7,10H,2-3,5-6,8-9,14H2. The smallest absolute Gasteiger partial charge is 0.338 e. The minimum absolute atomic E-state index is 0.307. The molecule has 1 aliphatic rings. The molecule has 0 bridgehead atoms. The fraction of sp³-hybridized carbons (Fsp3) is 0.538. The summed E-state index contributed by atoms with van der Waals surface area (Å²) in [5.74, 6) is 0.108. The van der Waals surface area contributed by atoms with E-state index in [1.807, 2.05) is 0 Å². The summed E-state index contributed by atoms with van der Waals surface area (Å²) in [5, 5.41) is 0. The zero-order valence-electron chi connectivity index (χ0n) is 10.3. The number of nitrogens with two attached hydrogens (primary N) is 1. The number of nitrogens with zero attached hydrogens (tertiary/aromatic N) is 1. The number of aromatic nitrogens is 1. The summed E-state index contributed by atoms with van der Waals surface area (Å²) in [4.78, 5) is 15.9. The van der Waals surface area contributed by atoms with Crippen LogP contribution in [0.2, 0.25) is 0 Å².